The molecule has 1 saturated carbocycles. The minimum Gasteiger partial charge on any atom is -0.497 e. The summed E-state index contributed by atoms with van der Waals surface area (Å²) in [6.45, 7) is -4.00. The highest BCUT2D eigenvalue weighted by atomic mass is 16.5. The average Bonchev–Trinajstić information content (AvgIpc) is 2.70. The fraction of sp³-hybridized carbons (Fsp3) is 0.647. The van der Waals surface area contributed by atoms with Crippen LogP contribution in [0.2, 0.25) is 0 Å². The van der Waals surface area contributed by atoms with Crippen molar-refractivity contribution in [3.63, 3.8) is 0 Å². The number of rotatable bonds is 5. The summed E-state index contributed by atoms with van der Waals surface area (Å²) in [5.41, 5.74) is -4.31. The van der Waals surface area contributed by atoms with Gasteiger partial charge in [-0.2, -0.15) is 0 Å². The van der Waals surface area contributed by atoms with Gasteiger partial charge in [0, 0.05) is 31.6 Å². The molecule has 0 unspecified atom stereocenters. The van der Waals surface area contributed by atoms with Crippen molar-refractivity contribution in [1.82, 2.24) is 4.90 Å². The largest absolute Gasteiger partial charge is 0.497 e. The van der Waals surface area contributed by atoms with Crippen LogP contribution < -0.4 is 4.74 Å². The number of likely N-dealkylation sites (N-methyl/N-ethyl adjacent to an activating group) is 1. The topological polar surface area (TPSA) is 32.7 Å². The second kappa shape index (κ2) is 6.59. The molecule has 0 radical (unpaired) electrons. The molecule has 1 aromatic rings. The van der Waals surface area contributed by atoms with Crippen molar-refractivity contribution in [2.75, 3.05) is 27.7 Å². The zero-order valence-electron chi connectivity index (χ0n) is 25.3. The lowest BCUT2D eigenvalue weighted by atomic mass is 9.72. The number of nitrogens with zero attached hydrogens (tertiary/aromatic N) is 1. The maximum atomic E-state index is 11.8. The van der Waals surface area contributed by atoms with Crippen molar-refractivity contribution >= 4 is 0 Å². The van der Waals surface area contributed by atoms with Crippen LogP contribution in [0.25, 0.3) is 0 Å². The van der Waals surface area contributed by atoms with E-state index in [9.17, 15) is 5.11 Å². The number of ether oxygens (including phenoxy) is 1. The molecule has 1 aromatic carbocycles. The van der Waals surface area contributed by atoms with Crippen LogP contribution in [0.1, 0.15) is 62.5 Å². The van der Waals surface area contributed by atoms with Crippen LogP contribution in [0, 0.1) is 0 Å². The van der Waals surface area contributed by atoms with Gasteiger partial charge in [-0.1, -0.05) is 31.3 Å². The molecule has 0 amide bonds. The summed E-state index contributed by atoms with van der Waals surface area (Å²) in [5, 5.41) is 11.8. The second-order valence-electron chi connectivity index (χ2n) is 4.40. The van der Waals surface area contributed by atoms with Gasteiger partial charge in [-0.05, 0) is 44.5 Å². The van der Waals surface area contributed by atoms with Crippen LogP contribution in [0.3, 0.4) is 0 Å². The van der Waals surface area contributed by atoms with E-state index in [1.807, 2.05) is 0 Å². The van der Waals surface area contributed by atoms with Gasteiger partial charge in [0.1, 0.15) is 5.75 Å². The van der Waals surface area contributed by atoms with Crippen molar-refractivity contribution in [2.45, 2.75) is 43.4 Å². The first-order valence-corrected chi connectivity index (χ1v) is 6.00. The molecule has 112 valence electrons. The monoisotopic (exact) mass is 291 g/mol. The van der Waals surface area contributed by atoms with Crippen LogP contribution in [0.5, 0.6) is 5.75 Å². The van der Waals surface area contributed by atoms with Gasteiger partial charge in [-0.25, -0.2) is 0 Å². The maximum Gasteiger partial charge on any atom is 0.118 e. The number of hydrogen-bond donors (Lipinski definition) is 1. The normalized spacial score (nSPS) is 45.0. The van der Waals surface area contributed by atoms with E-state index in [1.165, 1.54) is 19.2 Å². The summed E-state index contributed by atoms with van der Waals surface area (Å²) in [7, 11) is 2.32. The quantitative estimate of drug-likeness (QED) is 0.905. The van der Waals surface area contributed by atoms with Gasteiger partial charge in [0.15, 0.2) is 0 Å². The minimum atomic E-state index is -3.94. The standard InChI is InChI=1S/C17H27NO2/c1-18(2)13-16(17(19)11-5-4-6-12-17)14-7-9-15(20-3)10-8-14/h7-10,16,19H,4-6,11-13H2,1-3H3/t16-/m1/s1/i1D3,4D2,5D2,6D2,11D2,12D2,16D. The van der Waals surface area contributed by atoms with Gasteiger partial charge in [-0.3, -0.25) is 0 Å². The molecule has 0 bridgehead atoms. The van der Waals surface area contributed by atoms with E-state index in [-0.39, 0.29) is 11.3 Å². The van der Waals surface area contributed by atoms with Gasteiger partial charge < -0.3 is 14.7 Å². The number of aliphatic hydroxyl groups is 1. The van der Waals surface area contributed by atoms with E-state index in [0.29, 0.717) is 4.90 Å². The van der Waals surface area contributed by atoms with Gasteiger partial charge in [0.25, 0.3) is 0 Å². The Bertz CT molecular complexity index is 884. The molecule has 0 spiro atoms. The van der Waals surface area contributed by atoms with Crippen molar-refractivity contribution in [3.05, 3.63) is 29.8 Å². The lowest BCUT2D eigenvalue weighted by Gasteiger charge is -2.40. The third-order valence-electron chi connectivity index (χ3n) is 2.88. The maximum absolute atomic E-state index is 11.8. The highest BCUT2D eigenvalue weighted by molar-refractivity contribution is 5.31. The van der Waals surface area contributed by atoms with Gasteiger partial charge in [0.05, 0.1) is 12.7 Å². The van der Waals surface area contributed by atoms with Crippen molar-refractivity contribution in [2.24, 2.45) is 0 Å². The molecule has 3 nitrogen and oxygen atoms in total. The predicted molar refractivity (Wildman–Crippen MR) is 82.3 cm³/mol. The Hall–Kier alpha value is -1.06. The molecule has 0 saturated heterocycles. The van der Waals surface area contributed by atoms with Crippen LogP contribution >= 0.6 is 0 Å². The van der Waals surface area contributed by atoms with Gasteiger partial charge >= 0.3 is 0 Å². The summed E-state index contributed by atoms with van der Waals surface area (Å²) in [6, 6.07) is 4.79. The molecular weight excluding hydrogens is 250 g/mol. The lowest BCUT2D eigenvalue weighted by Crippen LogP contribution is -2.42. The Balaban J connectivity index is 3.02. The van der Waals surface area contributed by atoms with Crippen molar-refractivity contribution < 1.29 is 29.0 Å². The third kappa shape index (κ3) is 3.53. The Morgan fingerprint density at radius 2 is 2.05 bits per heavy atom. The average molecular weight is 291 g/mol. The van der Waals surface area contributed by atoms with E-state index in [2.05, 4.69) is 0 Å². The molecule has 1 aliphatic carbocycles. The summed E-state index contributed by atoms with van der Waals surface area (Å²) in [6.07, 6.45) is -19.4. The molecule has 1 fully saturated rings. The first kappa shape index (κ1) is 5.29. The number of methoxy groups -OCH3 is 1. The van der Waals surface area contributed by atoms with Crippen LogP contribution in [0.15, 0.2) is 24.3 Å². The van der Waals surface area contributed by atoms with E-state index < -0.39 is 56.9 Å². The molecule has 0 aliphatic heterocycles. The molecule has 1 atom stereocenters. The highest BCUT2D eigenvalue weighted by Crippen LogP contribution is 2.40. The summed E-state index contributed by atoms with van der Waals surface area (Å²) in [5.74, 6) is -2.81. The number of benzene rings is 1. The minimum absolute atomic E-state index is 0.249. The van der Waals surface area contributed by atoms with Crippen LogP contribution in [-0.2, 0) is 0 Å². The summed E-state index contributed by atoms with van der Waals surface area (Å²) >= 11 is 0. The van der Waals surface area contributed by atoms with Crippen LogP contribution in [0.4, 0.5) is 0 Å². The molecule has 0 aromatic heterocycles. The number of hydrogen-bond acceptors (Lipinski definition) is 3. The first-order chi connectivity index (χ1) is 14.9. The molecule has 1 aliphatic rings. The Morgan fingerprint density at radius 1 is 1.40 bits per heavy atom. The zero-order chi connectivity index (χ0) is 27.0. The Morgan fingerprint density at radius 3 is 2.60 bits per heavy atom. The smallest absolute Gasteiger partial charge is 0.118 e. The van der Waals surface area contributed by atoms with Gasteiger partial charge in [0.2, 0.25) is 0 Å². The van der Waals surface area contributed by atoms with Crippen molar-refractivity contribution in [3.8, 4) is 5.75 Å². The van der Waals surface area contributed by atoms with Crippen molar-refractivity contribution in [1.29, 1.82) is 0 Å². The molecule has 3 heteroatoms. The van der Waals surface area contributed by atoms with E-state index in [0.717, 1.165) is 19.2 Å². The van der Waals surface area contributed by atoms with E-state index in [1.54, 1.807) is 0 Å². The molecule has 20 heavy (non-hydrogen) atoms. The van der Waals surface area contributed by atoms with Gasteiger partial charge in [-0.15, -0.1) is 0 Å². The SMILES string of the molecule is [2H]C([2H])([2H])N(C)C[C@]([2H])(c1ccc(OC)cc1)C1(O)C([2H])([2H])C([2H])([2H])C([2H])([2H])C([2H])([2H])C1([2H])[2H]. The Kier molecular flexibility index (Phi) is 1.74. The molecule has 0 heterocycles. The summed E-state index contributed by atoms with van der Waals surface area (Å²) < 4.78 is 119. The van der Waals surface area contributed by atoms with E-state index >= 15 is 0 Å². The zero-order valence-corrected chi connectivity index (χ0v) is 11.3. The molecule has 1 N–H and O–H groups in total. The predicted octanol–water partition coefficient (Wildman–Crippen LogP) is 3.04. The summed E-state index contributed by atoms with van der Waals surface area (Å²) in [4.78, 5) is 0.544. The third-order valence-corrected chi connectivity index (χ3v) is 2.88. The Labute approximate surface area is 142 Å². The second-order valence-corrected chi connectivity index (χ2v) is 4.40. The van der Waals surface area contributed by atoms with E-state index in [4.69, 9.17) is 23.9 Å². The first-order valence-electron chi connectivity index (χ1n) is 13.0. The lowest BCUT2D eigenvalue weighted by molar-refractivity contribution is -0.0277. The fourth-order valence-electron chi connectivity index (χ4n) is 1.90. The molecule has 2 rings (SSSR count). The highest BCUT2D eigenvalue weighted by Gasteiger charge is 2.38. The fourth-order valence-corrected chi connectivity index (χ4v) is 1.90. The van der Waals surface area contributed by atoms with Crippen LogP contribution in [-0.4, -0.2) is 43.3 Å². The molecular formula is C17H27NO2.